The van der Waals surface area contributed by atoms with Gasteiger partial charge in [0.15, 0.2) is 10.6 Å². The number of hydrogen-bond acceptors (Lipinski definition) is 2. The fourth-order valence-corrected chi connectivity index (χ4v) is 9.10. The Morgan fingerprint density at radius 3 is 2.02 bits per heavy atom. The minimum atomic E-state index is -1.28. The van der Waals surface area contributed by atoms with Crippen LogP contribution in [-0.4, -0.2) is 14.4 Å². The first-order valence-corrected chi connectivity index (χ1v) is 18.3. The smallest absolute Gasteiger partial charge is 0.195 e. The summed E-state index contributed by atoms with van der Waals surface area (Å²) < 4.78 is 14.5. The molecule has 0 amide bonds. The van der Waals surface area contributed by atoms with Crippen LogP contribution in [0.5, 0.6) is 5.75 Å². The molecule has 3 heteroatoms. The third kappa shape index (κ3) is 10.9. The number of hydrogen-bond donors (Lipinski definition) is 1. The fourth-order valence-electron chi connectivity index (χ4n) is 7.39. The molecule has 1 aromatic rings. The first kappa shape index (κ1) is 36.3. The van der Waals surface area contributed by atoms with Gasteiger partial charge >= 0.3 is 0 Å². The molecule has 0 saturated heterocycles. The van der Waals surface area contributed by atoms with Crippen molar-refractivity contribution in [2.75, 3.05) is 0 Å². The van der Waals surface area contributed by atoms with Gasteiger partial charge in [0, 0.05) is 11.6 Å². The second-order valence-corrected chi connectivity index (χ2v) is 17.6. The topological polar surface area (TPSA) is 43.3 Å². The summed E-state index contributed by atoms with van der Waals surface area (Å²) >= 11 is -1.28. The second kappa shape index (κ2) is 16.2. The van der Waals surface area contributed by atoms with Crippen LogP contribution in [0.1, 0.15) is 183 Å². The van der Waals surface area contributed by atoms with E-state index in [1.165, 1.54) is 63.4 Å². The zero-order valence-corrected chi connectivity index (χ0v) is 29.4. The van der Waals surface area contributed by atoms with Gasteiger partial charge in [0.1, 0.15) is 4.75 Å². The minimum absolute atomic E-state index is 0.0939. The maximum atomic E-state index is 14.8. The van der Waals surface area contributed by atoms with Crippen molar-refractivity contribution < 1.29 is 9.66 Å². The molecule has 1 heterocycles. The SMILES string of the molecule is C/C=C\CCC1(C)CCCCCCCCCCC(C)(CCCCC)[S+]([O-])c2cc(C(C)(C)CC(C)(C)C)cc1c2O. The number of phenols is 1. The summed E-state index contributed by atoms with van der Waals surface area (Å²) in [5.41, 5.74) is 2.18. The number of phenolic OH excluding ortho intramolecular Hbond substituents is 1. The normalized spacial score (nSPS) is 26.0. The Labute approximate surface area is 258 Å². The van der Waals surface area contributed by atoms with Crippen molar-refractivity contribution in [3.05, 3.63) is 35.4 Å². The minimum Gasteiger partial charge on any atom is -0.611 e. The van der Waals surface area contributed by atoms with E-state index in [1.54, 1.807) is 0 Å². The van der Waals surface area contributed by atoms with Crippen molar-refractivity contribution in [3.8, 4) is 5.75 Å². The van der Waals surface area contributed by atoms with Crippen LogP contribution in [0, 0.1) is 5.41 Å². The van der Waals surface area contributed by atoms with Crippen LogP contribution in [0.15, 0.2) is 29.2 Å². The molecule has 1 aromatic carbocycles. The van der Waals surface area contributed by atoms with Crippen molar-refractivity contribution >= 4 is 11.2 Å². The van der Waals surface area contributed by atoms with Gasteiger partial charge in [-0.25, -0.2) is 0 Å². The molecule has 3 atom stereocenters. The Morgan fingerprint density at radius 1 is 0.878 bits per heavy atom. The number of unbranched alkanes of at least 4 members (excludes halogenated alkanes) is 2. The van der Waals surface area contributed by atoms with Gasteiger partial charge in [-0.2, -0.15) is 0 Å². The Balaban J connectivity index is 2.77. The van der Waals surface area contributed by atoms with Gasteiger partial charge in [0.25, 0.3) is 0 Å². The lowest BCUT2D eigenvalue weighted by Crippen LogP contribution is -2.36. The summed E-state index contributed by atoms with van der Waals surface area (Å²) in [6.07, 6.45) is 23.8. The number of benzene rings is 1. The van der Waals surface area contributed by atoms with Crippen LogP contribution < -0.4 is 0 Å². The molecule has 0 aliphatic carbocycles. The van der Waals surface area contributed by atoms with E-state index >= 15 is 0 Å². The van der Waals surface area contributed by atoms with E-state index in [0.29, 0.717) is 10.6 Å². The Kier molecular flexibility index (Phi) is 14.4. The van der Waals surface area contributed by atoms with Crippen molar-refractivity contribution in [1.29, 1.82) is 0 Å². The maximum Gasteiger partial charge on any atom is 0.195 e. The highest BCUT2D eigenvalue weighted by atomic mass is 32.2. The summed E-state index contributed by atoms with van der Waals surface area (Å²) in [5, 5.41) is 12.1. The van der Waals surface area contributed by atoms with E-state index in [0.717, 1.165) is 56.9 Å². The molecule has 0 fully saturated rings. The van der Waals surface area contributed by atoms with E-state index in [2.05, 4.69) is 86.6 Å². The lowest BCUT2D eigenvalue weighted by molar-refractivity contribution is 0.282. The molecule has 2 nitrogen and oxygen atoms in total. The van der Waals surface area contributed by atoms with Crippen LogP contribution >= 0.6 is 0 Å². The first-order chi connectivity index (χ1) is 19.2. The van der Waals surface area contributed by atoms with Gasteiger partial charge in [-0.15, -0.1) is 0 Å². The van der Waals surface area contributed by atoms with Crippen molar-refractivity contribution in [1.82, 2.24) is 0 Å². The summed E-state index contributed by atoms with van der Waals surface area (Å²) in [6, 6.07) is 4.46. The number of aromatic hydroxyl groups is 1. The zero-order chi connectivity index (χ0) is 30.7. The third-order valence-corrected chi connectivity index (χ3v) is 11.7. The van der Waals surface area contributed by atoms with E-state index < -0.39 is 11.2 Å². The molecule has 1 aliphatic heterocycles. The molecule has 3 unspecified atom stereocenters. The molecule has 0 aromatic heterocycles. The first-order valence-electron chi connectivity index (χ1n) is 17.1. The van der Waals surface area contributed by atoms with Crippen LogP contribution in [0.3, 0.4) is 0 Å². The highest BCUT2D eigenvalue weighted by molar-refractivity contribution is 7.93. The average Bonchev–Trinajstić information content (AvgIpc) is 2.88. The molecular formula is C38H66O2S. The van der Waals surface area contributed by atoms with Gasteiger partial charge in [-0.1, -0.05) is 124 Å². The molecule has 0 saturated carbocycles. The third-order valence-electron chi connectivity index (χ3n) is 9.72. The Bertz CT molecular complexity index is 942. The monoisotopic (exact) mass is 586 g/mol. The number of rotatable bonds is 9. The molecule has 2 bridgehead atoms. The molecule has 41 heavy (non-hydrogen) atoms. The van der Waals surface area contributed by atoms with E-state index in [-0.39, 0.29) is 21.0 Å². The van der Waals surface area contributed by atoms with Gasteiger partial charge in [-0.05, 0) is 98.2 Å². The van der Waals surface area contributed by atoms with E-state index in [9.17, 15) is 9.66 Å². The van der Waals surface area contributed by atoms with Gasteiger partial charge in [0.05, 0.1) is 0 Å². The molecule has 236 valence electrons. The predicted octanol–water partition coefficient (Wildman–Crippen LogP) is 12.1. The molecule has 2 rings (SSSR count). The highest BCUT2D eigenvalue weighted by Gasteiger charge is 2.42. The van der Waals surface area contributed by atoms with Gasteiger partial charge in [0.2, 0.25) is 0 Å². The summed E-state index contributed by atoms with van der Waals surface area (Å²) in [5.74, 6) is 0.315. The molecule has 1 N–H and O–H groups in total. The number of fused-ring (bicyclic) bond motifs is 2. The van der Waals surface area contributed by atoms with Crippen LogP contribution in [0.4, 0.5) is 0 Å². The molecular weight excluding hydrogens is 520 g/mol. The number of allylic oxidation sites excluding steroid dienone is 2. The summed E-state index contributed by atoms with van der Waals surface area (Å²) in [7, 11) is 0. The van der Waals surface area contributed by atoms with Crippen LogP contribution in [0.25, 0.3) is 0 Å². The molecule has 1 aliphatic rings. The van der Waals surface area contributed by atoms with Gasteiger partial charge in [-0.3, -0.25) is 0 Å². The fraction of sp³-hybridized carbons (Fsp3) is 0.789. The second-order valence-electron chi connectivity index (χ2n) is 15.7. The average molecular weight is 587 g/mol. The maximum absolute atomic E-state index is 14.8. The van der Waals surface area contributed by atoms with Crippen molar-refractivity contribution in [2.24, 2.45) is 5.41 Å². The largest absolute Gasteiger partial charge is 0.611 e. The Morgan fingerprint density at radius 2 is 1.46 bits per heavy atom. The summed E-state index contributed by atoms with van der Waals surface area (Å²) in [6.45, 7) is 20.6. The van der Waals surface area contributed by atoms with E-state index in [4.69, 9.17) is 0 Å². The lowest BCUT2D eigenvalue weighted by atomic mass is 9.69. The van der Waals surface area contributed by atoms with Crippen LogP contribution in [-0.2, 0) is 22.0 Å². The zero-order valence-electron chi connectivity index (χ0n) is 28.6. The molecule has 0 spiro atoms. The van der Waals surface area contributed by atoms with Gasteiger partial charge < -0.3 is 9.66 Å². The van der Waals surface area contributed by atoms with E-state index in [1.807, 2.05) is 0 Å². The highest BCUT2D eigenvalue weighted by Crippen LogP contribution is 2.49. The quantitative estimate of drug-likeness (QED) is 0.178. The van der Waals surface area contributed by atoms with Crippen LogP contribution in [0.2, 0.25) is 0 Å². The Hall–Kier alpha value is -0.930. The van der Waals surface area contributed by atoms with Crippen molar-refractivity contribution in [3.63, 3.8) is 0 Å². The summed E-state index contributed by atoms with van der Waals surface area (Å²) in [4.78, 5) is 0.697. The predicted molar refractivity (Wildman–Crippen MR) is 182 cm³/mol. The standard InChI is InChI=1S/C38H66O2S/c1-10-12-20-24-37(8)25-22-18-16-14-15-17-19-23-27-38(9,26-21-13-11-2)41(40)33-29-31(28-32(37)34(33)39)36(6,7)30-35(3,4)5/h10,12,28-29,39H,11,13-27,30H2,1-9H3/b12-10-. The molecule has 0 radical (unpaired) electrons. The lowest BCUT2D eigenvalue weighted by Gasteiger charge is -2.38. The van der Waals surface area contributed by atoms with Crippen molar-refractivity contribution in [2.45, 2.75) is 192 Å².